The average molecular weight is 333 g/mol. The molecule has 0 aliphatic rings. The van der Waals surface area contributed by atoms with Crippen LogP contribution in [0.15, 0.2) is 48.5 Å². The summed E-state index contributed by atoms with van der Waals surface area (Å²) in [5.41, 5.74) is 1.72. The highest BCUT2D eigenvalue weighted by atomic mass is 19.1. The zero-order chi connectivity index (χ0) is 17.4. The molecule has 0 heterocycles. The third kappa shape index (κ3) is 5.35. The molecular formula is C17H16FNO5. The summed E-state index contributed by atoms with van der Waals surface area (Å²) in [6, 6.07) is 13.7. The normalized spacial score (nSPS) is 10.2. The van der Waals surface area contributed by atoms with Gasteiger partial charge in [0.15, 0.2) is 0 Å². The summed E-state index contributed by atoms with van der Waals surface area (Å²) in [4.78, 5) is 25.7. The quantitative estimate of drug-likeness (QED) is 0.321. The lowest BCUT2D eigenvalue weighted by atomic mass is 10.0. The Morgan fingerprint density at radius 1 is 1.12 bits per heavy atom. The van der Waals surface area contributed by atoms with Crippen molar-refractivity contribution in [2.75, 3.05) is 13.2 Å². The topological polar surface area (TPSA) is 78.7 Å². The molecule has 0 saturated heterocycles. The summed E-state index contributed by atoms with van der Waals surface area (Å²) in [6.07, 6.45) is 0.149. The number of hydrogen-bond acceptors (Lipinski definition) is 5. The highest BCUT2D eigenvalue weighted by molar-refractivity contribution is 5.73. The summed E-state index contributed by atoms with van der Waals surface area (Å²) < 4.78 is 19.1. The van der Waals surface area contributed by atoms with E-state index >= 15 is 0 Å². The van der Waals surface area contributed by atoms with Gasteiger partial charge in [0.2, 0.25) is 0 Å². The molecule has 0 amide bonds. The molecule has 0 aromatic heterocycles. The van der Waals surface area contributed by atoms with Crippen LogP contribution in [0.2, 0.25) is 0 Å². The number of esters is 1. The molecule has 6 nitrogen and oxygen atoms in total. The monoisotopic (exact) mass is 333 g/mol. The van der Waals surface area contributed by atoms with Crippen molar-refractivity contribution in [2.45, 2.75) is 12.8 Å². The van der Waals surface area contributed by atoms with E-state index in [-0.39, 0.29) is 26.1 Å². The summed E-state index contributed by atoms with van der Waals surface area (Å²) in [5.74, 6) is -0.936. The summed E-state index contributed by atoms with van der Waals surface area (Å²) >= 11 is 0. The largest absolute Gasteiger partial charge is 0.465 e. The average Bonchev–Trinajstić information content (AvgIpc) is 2.55. The van der Waals surface area contributed by atoms with Gasteiger partial charge in [-0.15, -0.1) is 10.1 Å². The molecule has 2 aromatic rings. The van der Waals surface area contributed by atoms with Crippen LogP contribution in [0.5, 0.6) is 0 Å². The van der Waals surface area contributed by atoms with E-state index in [1.807, 2.05) is 18.2 Å². The predicted molar refractivity (Wildman–Crippen MR) is 84.1 cm³/mol. The van der Waals surface area contributed by atoms with Crippen LogP contribution in [-0.4, -0.2) is 24.3 Å². The van der Waals surface area contributed by atoms with Crippen molar-refractivity contribution < 1.29 is 23.8 Å². The smallest absolute Gasteiger partial charge is 0.310 e. The van der Waals surface area contributed by atoms with Gasteiger partial charge in [-0.25, -0.2) is 4.39 Å². The van der Waals surface area contributed by atoms with Crippen molar-refractivity contribution in [1.82, 2.24) is 0 Å². The molecule has 0 unspecified atom stereocenters. The Kier molecular flexibility index (Phi) is 6.24. The van der Waals surface area contributed by atoms with Crippen molar-refractivity contribution in [1.29, 1.82) is 0 Å². The Bertz CT molecular complexity index is 705. The second-order valence-corrected chi connectivity index (χ2v) is 4.99. The summed E-state index contributed by atoms with van der Waals surface area (Å²) in [6.45, 7) is -0.127. The zero-order valence-electron chi connectivity index (χ0n) is 12.8. The van der Waals surface area contributed by atoms with Gasteiger partial charge in [0.1, 0.15) is 5.82 Å². The molecule has 2 aromatic carbocycles. The van der Waals surface area contributed by atoms with Crippen molar-refractivity contribution in [2.24, 2.45) is 0 Å². The molecule has 0 atom stereocenters. The SMILES string of the molecule is O=C(Cc1ccc(-c2ccccc2)c(F)c1)OCCCO[N+](=O)[O-]. The van der Waals surface area contributed by atoms with Gasteiger partial charge in [-0.2, -0.15) is 0 Å². The first-order valence-electron chi connectivity index (χ1n) is 7.33. The van der Waals surface area contributed by atoms with Gasteiger partial charge in [-0.05, 0) is 17.2 Å². The van der Waals surface area contributed by atoms with Gasteiger partial charge < -0.3 is 9.57 Å². The molecule has 126 valence electrons. The third-order valence-electron chi connectivity index (χ3n) is 3.22. The molecule has 0 radical (unpaired) electrons. The van der Waals surface area contributed by atoms with Gasteiger partial charge in [0.05, 0.1) is 19.6 Å². The predicted octanol–water partition coefficient (Wildman–Crippen LogP) is 3.18. The van der Waals surface area contributed by atoms with Crippen LogP contribution < -0.4 is 0 Å². The highest BCUT2D eigenvalue weighted by Crippen LogP contribution is 2.23. The van der Waals surface area contributed by atoms with Gasteiger partial charge in [0.25, 0.3) is 5.09 Å². The molecule has 7 heteroatoms. The van der Waals surface area contributed by atoms with Crippen LogP contribution in [0.1, 0.15) is 12.0 Å². The number of rotatable bonds is 8. The molecule has 0 aliphatic carbocycles. The van der Waals surface area contributed by atoms with E-state index in [0.717, 1.165) is 5.56 Å². The minimum absolute atomic E-state index is 0.0112. The van der Waals surface area contributed by atoms with Crippen molar-refractivity contribution >= 4 is 5.97 Å². The summed E-state index contributed by atoms with van der Waals surface area (Å²) in [7, 11) is 0. The molecule has 0 aliphatic heterocycles. The number of benzene rings is 2. The first-order chi connectivity index (χ1) is 11.6. The van der Waals surface area contributed by atoms with Gasteiger partial charge in [0, 0.05) is 12.0 Å². The molecule has 2 rings (SSSR count). The Hall–Kier alpha value is -2.96. The number of hydrogen-bond donors (Lipinski definition) is 0. The maximum Gasteiger partial charge on any atom is 0.310 e. The Morgan fingerprint density at radius 3 is 2.54 bits per heavy atom. The maximum absolute atomic E-state index is 14.2. The lowest BCUT2D eigenvalue weighted by Gasteiger charge is -2.07. The highest BCUT2D eigenvalue weighted by Gasteiger charge is 2.09. The Labute approximate surface area is 137 Å². The third-order valence-corrected chi connectivity index (χ3v) is 3.22. The molecule has 0 fully saturated rings. The molecular weight excluding hydrogens is 317 g/mol. The van der Waals surface area contributed by atoms with E-state index < -0.39 is 16.9 Å². The summed E-state index contributed by atoms with van der Waals surface area (Å²) in [5, 5.41) is 9.04. The van der Waals surface area contributed by atoms with Crippen LogP contribution in [0.25, 0.3) is 11.1 Å². The fourth-order valence-electron chi connectivity index (χ4n) is 2.12. The van der Waals surface area contributed by atoms with Crippen LogP contribution >= 0.6 is 0 Å². The van der Waals surface area contributed by atoms with Crippen LogP contribution in [0.3, 0.4) is 0 Å². The van der Waals surface area contributed by atoms with Gasteiger partial charge in [-0.1, -0.05) is 42.5 Å². The lowest BCUT2D eigenvalue weighted by molar-refractivity contribution is -0.757. The lowest BCUT2D eigenvalue weighted by Crippen LogP contribution is -2.11. The second-order valence-electron chi connectivity index (χ2n) is 4.99. The number of nitrogens with zero attached hydrogens (tertiary/aromatic N) is 1. The second kappa shape index (κ2) is 8.61. The van der Waals surface area contributed by atoms with E-state index in [1.165, 1.54) is 6.07 Å². The van der Waals surface area contributed by atoms with E-state index in [2.05, 4.69) is 4.84 Å². The van der Waals surface area contributed by atoms with Crippen molar-refractivity contribution in [3.05, 3.63) is 70.0 Å². The Morgan fingerprint density at radius 2 is 1.88 bits per heavy atom. The molecule has 24 heavy (non-hydrogen) atoms. The zero-order valence-corrected chi connectivity index (χ0v) is 12.8. The minimum Gasteiger partial charge on any atom is -0.465 e. The minimum atomic E-state index is -0.904. The fourth-order valence-corrected chi connectivity index (χ4v) is 2.12. The maximum atomic E-state index is 14.2. The van der Waals surface area contributed by atoms with E-state index in [1.54, 1.807) is 24.3 Å². The number of carbonyl (C=O) groups is 1. The number of halogens is 1. The van der Waals surface area contributed by atoms with Crippen molar-refractivity contribution in [3.63, 3.8) is 0 Å². The number of carbonyl (C=O) groups excluding carboxylic acids is 1. The van der Waals surface area contributed by atoms with Crippen LogP contribution in [0, 0.1) is 15.9 Å². The van der Waals surface area contributed by atoms with Crippen LogP contribution in [-0.2, 0) is 20.8 Å². The van der Waals surface area contributed by atoms with E-state index in [0.29, 0.717) is 11.1 Å². The Balaban J connectivity index is 1.86. The number of ether oxygens (including phenoxy) is 1. The van der Waals surface area contributed by atoms with Gasteiger partial charge >= 0.3 is 5.97 Å². The first kappa shape index (κ1) is 17.4. The standard InChI is InChI=1S/C17H16FNO5/c18-16-11-13(7-8-15(16)14-5-2-1-3-6-14)12-17(20)23-9-4-10-24-19(21)22/h1-3,5-8,11H,4,9-10,12H2. The van der Waals surface area contributed by atoms with Gasteiger partial charge in [-0.3, -0.25) is 4.79 Å². The molecule has 0 spiro atoms. The fraction of sp³-hybridized carbons (Fsp3) is 0.235. The van der Waals surface area contributed by atoms with E-state index in [9.17, 15) is 19.3 Å². The molecule has 0 N–H and O–H groups in total. The molecule has 0 bridgehead atoms. The molecule has 0 saturated carbocycles. The first-order valence-corrected chi connectivity index (χ1v) is 7.33. The van der Waals surface area contributed by atoms with E-state index in [4.69, 9.17) is 4.74 Å². The van der Waals surface area contributed by atoms with Crippen molar-refractivity contribution in [3.8, 4) is 11.1 Å². The van der Waals surface area contributed by atoms with Crippen LogP contribution in [0.4, 0.5) is 4.39 Å².